The van der Waals surface area contributed by atoms with Crippen molar-refractivity contribution in [2.45, 2.75) is 25.1 Å². The first-order chi connectivity index (χ1) is 15.0. The Kier molecular flexibility index (Phi) is 6.48. The summed E-state index contributed by atoms with van der Waals surface area (Å²) in [6.07, 6.45) is 0. The van der Waals surface area contributed by atoms with Crippen LogP contribution in [-0.4, -0.2) is 38.8 Å². The molecular weight excluding hydrogens is 428 g/mol. The maximum atomic E-state index is 13.0. The Hall–Kier alpha value is -2.97. The Morgan fingerprint density at radius 1 is 1.03 bits per heavy atom. The third-order valence-electron chi connectivity index (χ3n) is 4.83. The highest BCUT2D eigenvalue weighted by Gasteiger charge is 2.24. The van der Waals surface area contributed by atoms with Crippen LogP contribution in [0.1, 0.15) is 27.9 Å². The Bertz CT molecular complexity index is 1120. The molecule has 1 amide bonds. The summed E-state index contributed by atoms with van der Waals surface area (Å²) in [5, 5.41) is 9.53. The van der Waals surface area contributed by atoms with E-state index in [1.165, 1.54) is 23.1 Å². The summed E-state index contributed by atoms with van der Waals surface area (Å²) in [7, 11) is 1.83. The number of aromatic nitrogens is 3. The average Bonchev–Trinajstić information content (AvgIpc) is 3.39. The first kappa shape index (κ1) is 21.3. The highest BCUT2D eigenvalue weighted by molar-refractivity contribution is 7.99. The summed E-state index contributed by atoms with van der Waals surface area (Å²) in [6.45, 7) is 3.86. The van der Waals surface area contributed by atoms with Gasteiger partial charge in [-0.05, 0) is 25.0 Å². The van der Waals surface area contributed by atoms with Gasteiger partial charge in [-0.25, -0.2) is 4.98 Å². The van der Waals surface area contributed by atoms with Gasteiger partial charge in [0.1, 0.15) is 4.88 Å². The lowest BCUT2D eigenvalue weighted by atomic mass is 9.97. The zero-order valence-corrected chi connectivity index (χ0v) is 19.1. The summed E-state index contributed by atoms with van der Waals surface area (Å²) >= 11 is 2.76. The largest absolute Gasteiger partial charge is 0.410 e. The fraction of sp³-hybridized carbons (Fsp3) is 0.217. The van der Waals surface area contributed by atoms with E-state index in [0.717, 1.165) is 26.7 Å². The Morgan fingerprint density at radius 3 is 2.19 bits per heavy atom. The third kappa shape index (κ3) is 4.86. The van der Waals surface area contributed by atoms with Gasteiger partial charge in [-0.1, -0.05) is 72.4 Å². The lowest BCUT2D eigenvalue weighted by Gasteiger charge is -2.29. The predicted octanol–water partition coefficient (Wildman–Crippen LogP) is 5.15. The van der Waals surface area contributed by atoms with Gasteiger partial charge < -0.3 is 9.32 Å². The van der Waals surface area contributed by atoms with Crippen molar-refractivity contribution in [3.63, 3.8) is 0 Å². The molecule has 31 heavy (non-hydrogen) atoms. The molecule has 158 valence electrons. The first-order valence-corrected chi connectivity index (χ1v) is 11.6. The second-order valence-corrected chi connectivity index (χ2v) is 9.17. The van der Waals surface area contributed by atoms with Crippen LogP contribution in [0.25, 0.3) is 10.8 Å². The molecule has 0 aliphatic heterocycles. The average molecular weight is 451 g/mol. The number of nitrogens with zero attached hydrogens (tertiary/aromatic N) is 4. The Morgan fingerprint density at radius 2 is 1.65 bits per heavy atom. The molecule has 0 spiro atoms. The molecule has 8 heteroatoms. The fourth-order valence-electron chi connectivity index (χ4n) is 3.37. The van der Waals surface area contributed by atoms with E-state index in [4.69, 9.17) is 4.42 Å². The van der Waals surface area contributed by atoms with Gasteiger partial charge in [0.25, 0.3) is 11.1 Å². The van der Waals surface area contributed by atoms with Gasteiger partial charge in [-0.3, -0.25) is 4.79 Å². The van der Waals surface area contributed by atoms with Crippen LogP contribution in [0.15, 0.2) is 70.3 Å². The lowest BCUT2D eigenvalue weighted by molar-refractivity contribution is -0.128. The quantitative estimate of drug-likeness (QED) is 0.363. The predicted molar refractivity (Wildman–Crippen MR) is 123 cm³/mol. The minimum Gasteiger partial charge on any atom is -0.410 e. The smallest absolute Gasteiger partial charge is 0.277 e. The molecule has 0 fully saturated rings. The number of rotatable bonds is 7. The van der Waals surface area contributed by atoms with E-state index in [-0.39, 0.29) is 17.7 Å². The van der Waals surface area contributed by atoms with Gasteiger partial charge in [0.05, 0.1) is 22.5 Å². The highest BCUT2D eigenvalue weighted by Crippen LogP contribution is 2.31. The van der Waals surface area contributed by atoms with Gasteiger partial charge >= 0.3 is 0 Å². The summed E-state index contributed by atoms with van der Waals surface area (Å²) in [5.41, 5.74) is 2.99. The van der Waals surface area contributed by atoms with E-state index in [2.05, 4.69) is 15.2 Å². The summed E-state index contributed by atoms with van der Waals surface area (Å²) in [6, 6.07) is 19.9. The SMILES string of the molecule is Cc1nc(C)c(-c2nnc(SCC(=O)N(C)C(c3ccccc3)c3ccccc3)o2)s1. The van der Waals surface area contributed by atoms with Crippen molar-refractivity contribution < 1.29 is 9.21 Å². The fourth-order valence-corrected chi connectivity index (χ4v) is 4.90. The van der Waals surface area contributed by atoms with Crippen LogP contribution in [0.3, 0.4) is 0 Å². The number of aryl methyl sites for hydroxylation is 2. The van der Waals surface area contributed by atoms with Crippen LogP contribution in [-0.2, 0) is 4.79 Å². The van der Waals surface area contributed by atoms with Gasteiger partial charge in [0.15, 0.2) is 0 Å². The van der Waals surface area contributed by atoms with Crippen LogP contribution >= 0.6 is 23.1 Å². The van der Waals surface area contributed by atoms with Crippen LogP contribution in [0.4, 0.5) is 0 Å². The Balaban J connectivity index is 1.48. The number of hydrogen-bond acceptors (Lipinski definition) is 7. The molecule has 0 bridgehead atoms. The van der Waals surface area contributed by atoms with E-state index in [1.807, 2.05) is 81.6 Å². The summed E-state index contributed by atoms with van der Waals surface area (Å²) in [5.74, 6) is 0.625. The second kappa shape index (κ2) is 9.45. The van der Waals surface area contributed by atoms with Crippen molar-refractivity contribution in [1.82, 2.24) is 20.1 Å². The van der Waals surface area contributed by atoms with E-state index in [9.17, 15) is 4.79 Å². The van der Waals surface area contributed by atoms with Gasteiger partial charge in [0.2, 0.25) is 5.91 Å². The van der Waals surface area contributed by atoms with E-state index in [0.29, 0.717) is 11.1 Å². The monoisotopic (exact) mass is 450 g/mol. The molecule has 0 atom stereocenters. The zero-order valence-electron chi connectivity index (χ0n) is 17.5. The molecule has 0 aliphatic rings. The number of thioether (sulfide) groups is 1. The van der Waals surface area contributed by atoms with Crippen molar-refractivity contribution in [2.24, 2.45) is 0 Å². The van der Waals surface area contributed by atoms with E-state index < -0.39 is 0 Å². The van der Waals surface area contributed by atoms with Gasteiger partial charge in [-0.15, -0.1) is 21.5 Å². The number of amides is 1. The molecule has 0 aliphatic carbocycles. The molecule has 0 saturated carbocycles. The molecule has 2 aromatic heterocycles. The lowest BCUT2D eigenvalue weighted by Crippen LogP contribution is -2.33. The molecule has 6 nitrogen and oxygen atoms in total. The molecular formula is C23H22N4O2S2. The molecule has 0 unspecified atom stereocenters. The normalized spacial score (nSPS) is 11.1. The standard InChI is InChI=1S/C23H22N4O2S2/c1-15-21(31-16(2)24-15)22-25-26-23(29-22)30-14-19(28)27(3)20(17-10-6-4-7-11-17)18-12-8-5-9-13-18/h4-13,20H,14H2,1-3H3. The van der Waals surface area contributed by atoms with Crippen molar-refractivity contribution in [3.05, 3.63) is 82.5 Å². The summed E-state index contributed by atoms with van der Waals surface area (Å²) < 4.78 is 5.76. The van der Waals surface area contributed by atoms with Gasteiger partial charge in [0, 0.05) is 7.05 Å². The summed E-state index contributed by atoms with van der Waals surface area (Å²) in [4.78, 5) is 20.1. The van der Waals surface area contributed by atoms with Crippen molar-refractivity contribution >= 4 is 29.0 Å². The van der Waals surface area contributed by atoms with Crippen molar-refractivity contribution in [3.8, 4) is 10.8 Å². The number of carbonyl (C=O) groups is 1. The maximum Gasteiger partial charge on any atom is 0.277 e. The van der Waals surface area contributed by atoms with Gasteiger partial charge in [-0.2, -0.15) is 0 Å². The third-order valence-corrected chi connectivity index (χ3v) is 6.70. The molecule has 4 rings (SSSR count). The number of thiazole rings is 1. The topological polar surface area (TPSA) is 72.1 Å². The molecule has 2 aromatic carbocycles. The zero-order chi connectivity index (χ0) is 21.8. The molecule has 0 N–H and O–H groups in total. The maximum absolute atomic E-state index is 13.0. The van der Waals surface area contributed by atoms with Crippen LogP contribution in [0.5, 0.6) is 0 Å². The molecule has 0 saturated heterocycles. The van der Waals surface area contributed by atoms with Crippen LogP contribution in [0.2, 0.25) is 0 Å². The van der Waals surface area contributed by atoms with Crippen LogP contribution < -0.4 is 0 Å². The van der Waals surface area contributed by atoms with E-state index in [1.54, 1.807) is 4.90 Å². The second-order valence-electron chi connectivity index (χ2n) is 7.04. The molecule has 4 aromatic rings. The minimum absolute atomic E-state index is 0.0210. The minimum atomic E-state index is -0.170. The molecule has 0 radical (unpaired) electrons. The van der Waals surface area contributed by atoms with Crippen molar-refractivity contribution in [1.29, 1.82) is 0 Å². The molecule has 2 heterocycles. The number of carbonyl (C=O) groups excluding carboxylic acids is 1. The Labute approximate surface area is 189 Å². The van der Waals surface area contributed by atoms with Crippen molar-refractivity contribution in [2.75, 3.05) is 12.8 Å². The first-order valence-electron chi connectivity index (χ1n) is 9.79. The highest BCUT2D eigenvalue weighted by atomic mass is 32.2. The number of hydrogen-bond donors (Lipinski definition) is 0. The van der Waals surface area contributed by atoms with Crippen LogP contribution in [0, 0.1) is 13.8 Å². The van der Waals surface area contributed by atoms with E-state index >= 15 is 0 Å². The number of benzene rings is 2.